The first-order valence-corrected chi connectivity index (χ1v) is 20.1. The molecule has 15 heteroatoms. The van der Waals surface area contributed by atoms with Crippen LogP contribution in [0.15, 0.2) is 97.1 Å². The van der Waals surface area contributed by atoms with Crippen LogP contribution >= 0.6 is 0 Å². The van der Waals surface area contributed by atoms with Crippen molar-refractivity contribution < 1.29 is 54.3 Å². The third-order valence-corrected chi connectivity index (χ3v) is 14.8. The van der Waals surface area contributed by atoms with Crippen LogP contribution in [-0.2, 0) is 19.3 Å². The molecule has 0 spiro atoms. The molecule has 0 aromatic heterocycles. The van der Waals surface area contributed by atoms with Gasteiger partial charge in [0.05, 0.1) is 24.3 Å². The molecule has 2 N–H and O–H groups in total. The molecule has 0 aliphatic carbocycles. The monoisotopic (exact) mass is 775 g/mol. The summed E-state index contributed by atoms with van der Waals surface area (Å²) in [6.45, 7) is 8.63. The van der Waals surface area contributed by atoms with Gasteiger partial charge in [0.1, 0.15) is 0 Å². The fraction of sp³-hybridized carbons (Fsp3) is 0.368. The van der Waals surface area contributed by atoms with Gasteiger partial charge in [0, 0.05) is 12.7 Å². The van der Waals surface area contributed by atoms with Gasteiger partial charge < -0.3 is 32.7 Å². The summed E-state index contributed by atoms with van der Waals surface area (Å²) in [5.41, 5.74) is -6.10. The highest BCUT2D eigenvalue weighted by Crippen LogP contribution is 2.53. The first-order valence-electron chi connectivity index (χ1n) is 16.8. The Kier molecular flexibility index (Phi) is 11.9. The molecule has 1 heterocycles. The molecule has 1 aliphatic rings. The molecule has 2 atom stereocenters. The Morgan fingerprint density at radius 3 is 1.87 bits per heavy atom. The quantitative estimate of drug-likeness (QED) is 0.0612. The SMILES string of the molecule is COCOc1cc(C(CO[Si](c2ccccc2)(c2ccccc2)C(C)(C)C)N[C@H](c2ccccc2)C(C)(C)O)c2c(c1OS(=O)(=O)C(F)(F)F)OCO2. The lowest BCUT2D eigenvalue weighted by molar-refractivity contribution is -0.0501. The van der Waals surface area contributed by atoms with Gasteiger partial charge in [-0.2, -0.15) is 21.6 Å². The van der Waals surface area contributed by atoms with Crippen LogP contribution in [0.2, 0.25) is 5.04 Å². The molecule has 0 saturated carbocycles. The predicted octanol–water partition coefficient (Wildman–Crippen LogP) is 6.35. The van der Waals surface area contributed by atoms with Crippen LogP contribution in [0.25, 0.3) is 0 Å². The average molecular weight is 776 g/mol. The first kappa shape index (κ1) is 40.1. The van der Waals surface area contributed by atoms with Gasteiger partial charge in [-0.25, -0.2) is 0 Å². The Balaban J connectivity index is 1.74. The lowest BCUT2D eigenvalue weighted by Gasteiger charge is -2.44. The molecule has 53 heavy (non-hydrogen) atoms. The minimum Gasteiger partial charge on any atom is -0.463 e. The minimum atomic E-state index is -6.16. The highest BCUT2D eigenvalue weighted by Gasteiger charge is 2.52. The second-order valence-electron chi connectivity index (χ2n) is 14.1. The fourth-order valence-corrected chi connectivity index (χ4v) is 11.6. The summed E-state index contributed by atoms with van der Waals surface area (Å²) in [5, 5.41) is 16.7. The smallest absolute Gasteiger partial charge is 0.463 e. The third kappa shape index (κ3) is 8.50. The molecular formula is C38H44F3NO9SSi. The van der Waals surface area contributed by atoms with Crippen LogP contribution in [0.3, 0.4) is 0 Å². The first-order chi connectivity index (χ1) is 24.9. The molecule has 286 valence electrons. The Hall–Kier alpha value is -4.12. The van der Waals surface area contributed by atoms with E-state index in [2.05, 4.69) is 30.3 Å². The van der Waals surface area contributed by atoms with Gasteiger partial charge >= 0.3 is 15.6 Å². The third-order valence-electron chi connectivity index (χ3n) is 8.87. The second kappa shape index (κ2) is 15.7. The molecule has 0 saturated heterocycles. The van der Waals surface area contributed by atoms with Crippen molar-refractivity contribution in [2.45, 2.75) is 62.9 Å². The number of alkyl halides is 3. The zero-order chi connectivity index (χ0) is 38.7. The fourth-order valence-electron chi connectivity index (χ4n) is 6.52. The molecular weight excluding hydrogens is 732 g/mol. The number of fused-ring (bicyclic) bond motifs is 1. The van der Waals surface area contributed by atoms with Crippen molar-refractivity contribution in [2.75, 3.05) is 27.3 Å². The molecule has 1 unspecified atom stereocenters. The van der Waals surface area contributed by atoms with Crippen molar-refractivity contribution >= 4 is 28.8 Å². The van der Waals surface area contributed by atoms with Crippen LogP contribution in [0, 0.1) is 0 Å². The molecule has 0 fully saturated rings. The van der Waals surface area contributed by atoms with E-state index in [1.165, 1.54) is 13.2 Å². The average Bonchev–Trinajstić information content (AvgIpc) is 3.60. The second-order valence-corrected chi connectivity index (χ2v) is 19.9. The van der Waals surface area contributed by atoms with E-state index in [1.807, 2.05) is 91.0 Å². The van der Waals surface area contributed by atoms with E-state index in [4.69, 9.17) is 23.4 Å². The van der Waals surface area contributed by atoms with E-state index in [1.54, 1.807) is 13.8 Å². The van der Waals surface area contributed by atoms with Crippen molar-refractivity contribution in [2.24, 2.45) is 0 Å². The highest BCUT2D eigenvalue weighted by atomic mass is 32.2. The Labute approximate surface area is 309 Å². The molecule has 5 rings (SSSR count). The molecule has 0 amide bonds. The Morgan fingerprint density at radius 2 is 1.38 bits per heavy atom. The number of aliphatic hydroxyl groups is 1. The van der Waals surface area contributed by atoms with Crippen LogP contribution in [0.4, 0.5) is 13.2 Å². The summed E-state index contributed by atoms with van der Waals surface area (Å²) in [7, 11) is -8.07. The normalized spacial score (nSPS) is 14.8. The van der Waals surface area contributed by atoms with Gasteiger partial charge in [-0.3, -0.25) is 5.32 Å². The number of halogens is 3. The number of rotatable bonds is 15. The lowest BCUT2D eigenvalue weighted by Crippen LogP contribution is -2.67. The van der Waals surface area contributed by atoms with E-state index in [-0.39, 0.29) is 17.9 Å². The summed E-state index contributed by atoms with van der Waals surface area (Å²) in [5.74, 6) is -1.79. The largest absolute Gasteiger partial charge is 0.534 e. The Bertz CT molecular complexity index is 1900. The van der Waals surface area contributed by atoms with Crippen molar-refractivity contribution in [3.63, 3.8) is 0 Å². The van der Waals surface area contributed by atoms with E-state index >= 15 is 0 Å². The van der Waals surface area contributed by atoms with E-state index in [0.717, 1.165) is 15.9 Å². The van der Waals surface area contributed by atoms with Gasteiger partial charge in [-0.15, -0.1) is 0 Å². The van der Waals surface area contributed by atoms with Gasteiger partial charge in [0.2, 0.25) is 18.3 Å². The van der Waals surface area contributed by atoms with Crippen molar-refractivity contribution in [3.8, 4) is 23.0 Å². The number of ether oxygens (including phenoxy) is 4. The maximum Gasteiger partial charge on any atom is 0.534 e. The van der Waals surface area contributed by atoms with Crippen LogP contribution in [-0.4, -0.2) is 60.3 Å². The summed E-state index contributed by atoms with van der Waals surface area (Å²) < 4.78 is 99.3. The van der Waals surface area contributed by atoms with Crippen LogP contribution < -0.4 is 34.1 Å². The van der Waals surface area contributed by atoms with Gasteiger partial charge in [0.15, 0.2) is 18.3 Å². The molecule has 4 aromatic rings. The minimum absolute atomic E-state index is 0.0622. The maximum atomic E-state index is 13.6. The summed E-state index contributed by atoms with van der Waals surface area (Å²) in [4.78, 5) is 0. The van der Waals surface area contributed by atoms with E-state index in [0.29, 0.717) is 0 Å². The standard InChI is InChI=1S/C38H44F3NO9SSi/c1-36(2,3)53(27-18-12-8-13-19-27,28-20-14-9-15-21-28)50-23-30(42-35(37(4,5)43)26-16-10-7-11-17-26)29-22-31(47-24-46-6)33(34-32(29)48-25-49-34)51-52(44,45)38(39,40)41/h7-22,30,35,42-43H,23-25H2,1-6H3/t30?,35-/m1/s1. The van der Waals surface area contributed by atoms with Gasteiger partial charge in [-0.1, -0.05) is 112 Å². The van der Waals surface area contributed by atoms with Crippen molar-refractivity contribution in [1.82, 2.24) is 5.32 Å². The van der Waals surface area contributed by atoms with Gasteiger partial charge in [-0.05, 0) is 40.9 Å². The van der Waals surface area contributed by atoms with E-state index in [9.17, 15) is 26.7 Å². The van der Waals surface area contributed by atoms with Crippen molar-refractivity contribution in [1.29, 1.82) is 0 Å². The summed E-state index contributed by atoms with van der Waals surface area (Å²) in [6.07, 6.45) is 0. The highest BCUT2D eigenvalue weighted by molar-refractivity contribution is 7.88. The molecule has 0 radical (unpaired) electrons. The molecule has 4 aromatic carbocycles. The van der Waals surface area contributed by atoms with Crippen LogP contribution in [0.5, 0.6) is 23.0 Å². The lowest BCUT2D eigenvalue weighted by atomic mass is 9.90. The molecule has 10 nitrogen and oxygen atoms in total. The van der Waals surface area contributed by atoms with Crippen molar-refractivity contribution in [3.05, 3.63) is 108 Å². The predicted molar refractivity (Wildman–Crippen MR) is 196 cm³/mol. The number of methoxy groups -OCH3 is 1. The topological polar surface area (TPSA) is 122 Å². The number of benzene rings is 4. The zero-order valence-corrected chi connectivity index (χ0v) is 32.1. The Morgan fingerprint density at radius 1 is 0.849 bits per heavy atom. The van der Waals surface area contributed by atoms with Crippen LogP contribution in [0.1, 0.15) is 57.8 Å². The maximum absolute atomic E-state index is 13.6. The number of hydrogen-bond acceptors (Lipinski definition) is 10. The number of hydrogen-bond donors (Lipinski definition) is 2. The van der Waals surface area contributed by atoms with Gasteiger partial charge in [0.25, 0.3) is 8.32 Å². The molecule has 0 bridgehead atoms. The zero-order valence-electron chi connectivity index (χ0n) is 30.3. The van der Waals surface area contributed by atoms with E-state index < -0.39 is 77.5 Å². The summed E-state index contributed by atoms with van der Waals surface area (Å²) >= 11 is 0. The number of nitrogens with one attached hydrogen (secondary N) is 1. The summed E-state index contributed by atoms with van der Waals surface area (Å²) in [6, 6.07) is 28.7. The molecule has 1 aliphatic heterocycles.